The van der Waals surface area contributed by atoms with Crippen LogP contribution >= 0.6 is 0 Å². The van der Waals surface area contributed by atoms with Crippen molar-refractivity contribution in [2.75, 3.05) is 11.2 Å². The van der Waals surface area contributed by atoms with E-state index in [-0.39, 0.29) is 5.95 Å². The number of anilines is 2. The van der Waals surface area contributed by atoms with Crippen LogP contribution in [0.5, 0.6) is 0 Å². The number of rotatable bonds is 3. The highest BCUT2D eigenvalue weighted by atomic mass is 16.3. The molecular formula is C10H11N5O. The molecule has 0 radical (unpaired) electrons. The SMILES string of the molecule is Cc1cc(N/N=C/c2ccco2)nc(N)n1. The average molecular weight is 217 g/mol. The minimum atomic E-state index is 0.218. The fraction of sp³-hybridized carbons (Fsp3) is 0.100. The number of aromatic nitrogens is 2. The molecule has 16 heavy (non-hydrogen) atoms. The van der Waals surface area contributed by atoms with Crippen LogP contribution in [-0.2, 0) is 0 Å². The number of aryl methyl sites for hydroxylation is 1. The second-order valence-electron chi connectivity index (χ2n) is 3.14. The van der Waals surface area contributed by atoms with Crippen LogP contribution < -0.4 is 11.2 Å². The number of hydrogen-bond acceptors (Lipinski definition) is 6. The second-order valence-corrected chi connectivity index (χ2v) is 3.14. The Labute approximate surface area is 92.2 Å². The van der Waals surface area contributed by atoms with E-state index >= 15 is 0 Å². The number of nitrogens with one attached hydrogen (secondary N) is 1. The van der Waals surface area contributed by atoms with Gasteiger partial charge in [0.2, 0.25) is 5.95 Å². The van der Waals surface area contributed by atoms with Gasteiger partial charge < -0.3 is 10.2 Å². The van der Waals surface area contributed by atoms with Gasteiger partial charge in [0, 0.05) is 11.8 Å². The summed E-state index contributed by atoms with van der Waals surface area (Å²) in [6, 6.07) is 5.33. The molecule has 6 heteroatoms. The Hall–Kier alpha value is -2.37. The Balaban J connectivity index is 2.04. The van der Waals surface area contributed by atoms with Crippen molar-refractivity contribution in [3.05, 3.63) is 35.9 Å². The predicted molar refractivity (Wildman–Crippen MR) is 61.1 cm³/mol. The molecule has 82 valence electrons. The van der Waals surface area contributed by atoms with Crippen LogP contribution in [0.15, 0.2) is 34.0 Å². The summed E-state index contributed by atoms with van der Waals surface area (Å²) < 4.78 is 5.07. The highest BCUT2D eigenvalue weighted by molar-refractivity contribution is 5.76. The molecule has 0 saturated carbocycles. The van der Waals surface area contributed by atoms with Crippen LogP contribution in [0.3, 0.4) is 0 Å². The number of furan rings is 1. The molecule has 0 bridgehead atoms. The van der Waals surface area contributed by atoms with E-state index < -0.39 is 0 Å². The van der Waals surface area contributed by atoms with Crippen molar-refractivity contribution in [3.63, 3.8) is 0 Å². The molecule has 0 atom stereocenters. The Morgan fingerprint density at radius 2 is 2.38 bits per heavy atom. The molecule has 2 heterocycles. The van der Waals surface area contributed by atoms with Crippen molar-refractivity contribution in [1.82, 2.24) is 9.97 Å². The van der Waals surface area contributed by atoms with Crippen LogP contribution in [0.2, 0.25) is 0 Å². The summed E-state index contributed by atoms with van der Waals surface area (Å²) in [6.07, 6.45) is 3.13. The lowest BCUT2D eigenvalue weighted by molar-refractivity contribution is 0.560. The first kappa shape index (κ1) is 10.2. The lowest BCUT2D eigenvalue weighted by Crippen LogP contribution is -2.00. The first-order valence-corrected chi connectivity index (χ1v) is 4.68. The summed E-state index contributed by atoms with van der Waals surface area (Å²) in [5.41, 5.74) is 9.02. The van der Waals surface area contributed by atoms with Crippen molar-refractivity contribution >= 4 is 18.0 Å². The molecule has 0 aromatic carbocycles. The molecule has 0 unspecified atom stereocenters. The third-order valence-electron chi connectivity index (χ3n) is 1.79. The van der Waals surface area contributed by atoms with Gasteiger partial charge in [-0.3, -0.25) is 5.43 Å². The van der Waals surface area contributed by atoms with Crippen molar-refractivity contribution < 1.29 is 4.42 Å². The first-order chi connectivity index (χ1) is 7.74. The largest absolute Gasteiger partial charge is 0.463 e. The van der Waals surface area contributed by atoms with Crippen LogP contribution in [0.1, 0.15) is 11.5 Å². The zero-order valence-corrected chi connectivity index (χ0v) is 8.71. The van der Waals surface area contributed by atoms with Crippen molar-refractivity contribution in [2.24, 2.45) is 5.10 Å². The molecule has 0 aliphatic heterocycles. The normalized spacial score (nSPS) is 10.8. The zero-order valence-electron chi connectivity index (χ0n) is 8.71. The fourth-order valence-electron chi connectivity index (χ4n) is 1.18. The molecule has 3 N–H and O–H groups in total. The molecule has 0 amide bonds. The standard InChI is InChI=1S/C10H11N5O/c1-7-5-9(14-10(11)13-7)15-12-6-8-3-2-4-16-8/h2-6H,1H3,(H3,11,13,14,15)/b12-6+. The van der Waals surface area contributed by atoms with E-state index in [4.69, 9.17) is 10.2 Å². The molecule has 2 aromatic heterocycles. The number of nitrogens with zero attached hydrogens (tertiary/aromatic N) is 3. The maximum Gasteiger partial charge on any atom is 0.222 e. The van der Waals surface area contributed by atoms with E-state index in [9.17, 15) is 0 Å². The van der Waals surface area contributed by atoms with Gasteiger partial charge in [0.1, 0.15) is 5.76 Å². The second kappa shape index (κ2) is 4.43. The minimum Gasteiger partial charge on any atom is -0.463 e. The number of hydrazone groups is 1. The molecule has 0 fully saturated rings. The van der Waals surface area contributed by atoms with Crippen LogP contribution in [0, 0.1) is 6.92 Å². The van der Waals surface area contributed by atoms with Gasteiger partial charge in [-0.05, 0) is 19.1 Å². The van der Waals surface area contributed by atoms with E-state index in [1.807, 2.05) is 6.92 Å². The Bertz CT molecular complexity index is 472. The van der Waals surface area contributed by atoms with Gasteiger partial charge in [0.25, 0.3) is 0 Å². The van der Waals surface area contributed by atoms with E-state index in [0.29, 0.717) is 11.6 Å². The van der Waals surface area contributed by atoms with Crippen molar-refractivity contribution in [2.45, 2.75) is 6.92 Å². The molecule has 2 aromatic rings. The number of hydrogen-bond donors (Lipinski definition) is 2. The van der Waals surface area contributed by atoms with Gasteiger partial charge in [0.15, 0.2) is 5.82 Å². The quantitative estimate of drug-likeness (QED) is 0.599. The molecule has 0 saturated heterocycles. The molecule has 6 nitrogen and oxygen atoms in total. The highest BCUT2D eigenvalue weighted by Crippen LogP contribution is 2.06. The first-order valence-electron chi connectivity index (χ1n) is 4.68. The lowest BCUT2D eigenvalue weighted by Gasteiger charge is -2.00. The van der Waals surface area contributed by atoms with Gasteiger partial charge in [-0.25, -0.2) is 4.98 Å². The predicted octanol–water partition coefficient (Wildman–Crippen LogP) is 1.41. The van der Waals surface area contributed by atoms with Crippen molar-refractivity contribution in [1.29, 1.82) is 0 Å². The van der Waals surface area contributed by atoms with Gasteiger partial charge in [-0.2, -0.15) is 10.1 Å². The molecule has 0 aliphatic carbocycles. The van der Waals surface area contributed by atoms with Gasteiger partial charge in [-0.15, -0.1) is 0 Å². The van der Waals surface area contributed by atoms with E-state index in [1.165, 1.54) is 0 Å². The minimum absolute atomic E-state index is 0.218. The number of nitrogen functional groups attached to an aromatic ring is 1. The fourth-order valence-corrected chi connectivity index (χ4v) is 1.18. The summed E-state index contributed by atoms with van der Waals surface area (Å²) in [5, 5.41) is 3.95. The van der Waals surface area contributed by atoms with E-state index in [2.05, 4.69) is 20.5 Å². The van der Waals surface area contributed by atoms with Gasteiger partial charge in [0.05, 0.1) is 12.5 Å². The molecule has 0 aliphatic rings. The summed E-state index contributed by atoms with van der Waals surface area (Å²) in [7, 11) is 0. The highest BCUT2D eigenvalue weighted by Gasteiger charge is 1.97. The summed E-state index contributed by atoms with van der Waals surface area (Å²) in [4.78, 5) is 7.91. The van der Waals surface area contributed by atoms with Crippen LogP contribution in [0.4, 0.5) is 11.8 Å². The van der Waals surface area contributed by atoms with E-state index in [0.717, 1.165) is 5.69 Å². The Kier molecular flexibility index (Phi) is 2.81. The summed E-state index contributed by atoms with van der Waals surface area (Å²) in [5.74, 6) is 1.43. The van der Waals surface area contributed by atoms with Gasteiger partial charge in [-0.1, -0.05) is 0 Å². The maximum atomic E-state index is 5.49. The zero-order chi connectivity index (χ0) is 11.4. The third kappa shape index (κ3) is 2.57. The van der Waals surface area contributed by atoms with Crippen LogP contribution in [-0.4, -0.2) is 16.2 Å². The van der Waals surface area contributed by atoms with Crippen LogP contribution in [0.25, 0.3) is 0 Å². The summed E-state index contributed by atoms with van der Waals surface area (Å²) >= 11 is 0. The van der Waals surface area contributed by atoms with Gasteiger partial charge >= 0.3 is 0 Å². The molecular weight excluding hydrogens is 206 g/mol. The van der Waals surface area contributed by atoms with E-state index in [1.54, 1.807) is 30.7 Å². The molecule has 0 spiro atoms. The number of nitrogens with two attached hydrogens (primary N) is 1. The topological polar surface area (TPSA) is 89.3 Å². The average Bonchev–Trinajstić information content (AvgIpc) is 2.69. The maximum absolute atomic E-state index is 5.49. The Morgan fingerprint density at radius 1 is 1.50 bits per heavy atom. The monoisotopic (exact) mass is 217 g/mol. The summed E-state index contributed by atoms with van der Waals surface area (Å²) in [6.45, 7) is 1.83. The smallest absolute Gasteiger partial charge is 0.222 e. The lowest BCUT2D eigenvalue weighted by atomic mass is 10.4. The Morgan fingerprint density at radius 3 is 3.06 bits per heavy atom. The van der Waals surface area contributed by atoms with Crippen molar-refractivity contribution in [3.8, 4) is 0 Å². The molecule has 2 rings (SSSR count). The third-order valence-corrected chi connectivity index (χ3v) is 1.79.